The first kappa shape index (κ1) is 23.0. The molecule has 4 nitrogen and oxygen atoms in total. The molecule has 0 bridgehead atoms. The van der Waals surface area contributed by atoms with Crippen molar-refractivity contribution in [3.05, 3.63) is 30.3 Å². The summed E-state index contributed by atoms with van der Waals surface area (Å²) in [6.07, 6.45) is 0. The molecule has 1 rings (SSSR count). The average Bonchev–Trinajstić information content (AvgIpc) is 2.45. The molecule has 0 radical (unpaired) electrons. The van der Waals surface area contributed by atoms with E-state index in [9.17, 15) is 9.59 Å². The molecule has 0 aliphatic heterocycles. The molecule has 1 aromatic rings. The van der Waals surface area contributed by atoms with E-state index >= 15 is 0 Å². The van der Waals surface area contributed by atoms with E-state index in [1.54, 1.807) is 0 Å². The number of ether oxygens (including phenoxy) is 1. The smallest absolute Gasteiger partial charge is 0.790 e. The normalized spacial score (nSPS) is 10.6. The van der Waals surface area contributed by atoms with Crippen LogP contribution in [-0.2, 0) is 49.3 Å². The summed E-state index contributed by atoms with van der Waals surface area (Å²) in [5, 5.41) is 3.84. The van der Waals surface area contributed by atoms with Gasteiger partial charge < -0.3 is 22.7 Å². The third-order valence-electron chi connectivity index (χ3n) is 2.30. The van der Waals surface area contributed by atoms with Crippen LogP contribution in [0.5, 0.6) is 0 Å². The van der Waals surface area contributed by atoms with Crippen LogP contribution in [-0.4, -0.2) is 44.1 Å². The molecule has 0 saturated heterocycles. The van der Waals surface area contributed by atoms with Gasteiger partial charge in [0.15, 0.2) is 0 Å². The second-order valence-electron chi connectivity index (χ2n) is 4.17. The number of carbonyl (C=O) groups excluding carboxylic acids is 2. The van der Waals surface area contributed by atoms with Gasteiger partial charge in [0, 0.05) is 6.92 Å². The van der Waals surface area contributed by atoms with Crippen molar-refractivity contribution in [2.24, 2.45) is 0 Å². The SMILES string of the molecule is COC(=O)C(C[S-])NC(C)=O.CP(C)c1ccccc1.[Au+]. The second-order valence-corrected chi connectivity index (χ2v) is 6.81. The van der Waals surface area contributed by atoms with Crippen LogP contribution in [0.15, 0.2) is 30.3 Å². The van der Waals surface area contributed by atoms with Crippen molar-refractivity contribution in [1.82, 2.24) is 5.32 Å². The molecule has 1 N–H and O–H groups in total. The second kappa shape index (κ2) is 13.4. The van der Waals surface area contributed by atoms with Crippen LogP contribution >= 0.6 is 7.92 Å². The van der Waals surface area contributed by atoms with Gasteiger partial charge in [0.05, 0.1) is 7.11 Å². The van der Waals surface area contributed by atoms with Crippen LogP contribution < -0.4 is 10.6 Å². The standard InChI is InChI=1S/C8H11P.C6H11NO3S.Au/c1-9(2)8-6-4-3-5-7-8;1-4(8)7-5(3-11)6(9)10-2;/h3-7H,1-2H3;5,11H,3H2,1-2H3,(H,7,8);/q;;+1/p-1. The Morgan fingerprint density at radius 3 is 2.10 bits per heavy atom. The number of carbonyl (C=O) groups is 2. The Labute approximate surface area is 149 Å². The van der Waals surface area contributed by atoms with Crippen LogP contribution in [0.25, 0.3) is 0 Å². The summed E-state index contributed by atoms with van der Waals surface area (Å²) in [4.78, 5) is 21.2. The fourth-order valence-corrected chi connectivity index (χ4v) is 2.27. The van der Waals surface area contributed by atoms with E-state index in [1.807, 2.05) is 0 Å². The molecule has 1 atom stereocenters. The molecule has 1 aromatic carbocycles. The first-order valence-electron chi connectivity index (χ1n) is 6.07. The quantitative estimate of drug-likeness (QED) is 0.287. The fourth-order valence-electron chi connectivity index (χ4n) is 1.28. The van der Waals surface area contributed by atoms with Gasteiger partial charge in [-0.1, -0.05) is 38.3 Å². The maximum Gasteiger partial charge on any atom is 1.00 e. The van der Waals surface area contributed by atoms with Gasteiger partial charge in [-0.3, -0.25) is 4.79 Å². The monoisotopic (exact) mass is 511 g/mol. The molecule has 0 saturated carbocycles. The predicted octanol–water partition coefficient (Wildman–Crippen LogP) is 1.26. The van der Waals surface area contributed by atoms with Crippen molar-refractivity contribution in [2.45, 2.75) is 13.0 Å². The summed E-state index contributed by atoms with van der Waals surface area (Å²) >= 11 is 4.62. The summed E-state index contributed by atoms with van der Waals surface area (Å²) in [5.74, 6) is -0.660. The molecule has 0 aliphatic carbocycles. The third kappa shape index (κ3) is 11.0. The number of methoxy groups -OCH3 is 1. The van der Waals surface area contributed by atoms with Crippen LogP contribution in [0.1, 0.15) is 6.92 Å². The largest absolute Gasteiger partial charge is 1.00 e. The molecule has 0 heterocycles. The van der Waals surface area contributed by atoms with Crippen molar-refractivity contribution in [2.75, 3.05) is 26.2 Å². The molecule has 0 aromatic heterocycles. The van der Waals surface area contributed by atoms with E-state index in [4.69, 9.17) is 0 Å². The van der Waals surface area contributed by atoms with Crippen molar-refractivity contribution in [1.29, 1.82) is 0 Å². The number of hydrogen-bond donors (Lipinski definition) is 1. The molecule has 0 aliphatic rings. The molecule has 1 unspecified atom stereocenters. The van der Waals surface area contributed by atoms with Crippen LogP contribution in [0.2, 0.25) is 0 Å². The number of hydrogen-bond acceptors (Lipinski definition) is 4. The number of benzene rings is 1. The third-order valence-corrected chi connectivity index (χ3v) is 3.97. The molecule has 21 heavy (non-hydrogen) atoms. The topological polar surface area (TPSA) is 55.4 Å². The molecule has 0 fully saturated rings. The van der Waals surface area contributed by atoms with Gasteiger partial charge in [-0.05, 0) is 18.6 Å². The van der Waals surface area contributed by atoms with Crippen molar-refractivity contribution in [3.8, 4) is 0 Å². The van der Waals surface area contributed by atoms with Crippen molar-refractivity contribution in [3.63, 3.8) is 0 Å². The van der Waals surface area contributed by atoms with Gasteiger partial charge >= 0.3 is 28.3 Å². The molecule has 122 valence electrons. The maximum absolute atomic E-state index is 10.8. The first-order valence-corrected chi connectivity index (χ1v) is 8.89. The van der Waals surface area contributed by atoms with Crippen LogP contribution in [0.3, 0.4) is 0 Å². The minimum absolute atomic E-state index is 0. The summed E-state index contributed by atoms with van der Waals surface area (Å²) in [5.41, 5.74) is 0. The predicted molar refractivity (Wildman–Crippen MR) is 86.7 cm³/mol. The fraction of sp³-hybridized carbons (Fsp3) is 0.429. The zero-order chi connectivity index (χ0) is 15.5. The number of rotatable bonds is 4. The Kier molecular flexibility index (Phi) is 14.6. The number of amides is 1. The zero-order valence-corrected chi connectivity index (χ0v) is 16.4. The Morgan fingerprint density at radius 2 is 1.81 bits per heavy atom. The first-order chi connectivity index (χ1) is 9.42. The molecule has 0 spiro atoms. The minimum Gasteiger partial charge on any atom is -0.790 e. The summed E-state index contributed by atoms with van der Waals surface area (Å²) in [6.45, 7) is 5.86. The van der Waals surface area contributed by atoms with E-state index in [2.05, 4.69) is 66.3 Å². The van der Waals surface area contributed by atoms with E-state index in [0.29, 0.717) is 0 Å². The number of esters is 1. The average molecular weight is 511 g/mol. The summed E-state index contributed by atoms with van der Waals surface area (Å²) < 4.78 is 4.38. The summed E-state index contributed by atoms with van der Waals surface area (Å²) in [6, 6.07) is 9.93. The van der Waals surface area contributed by atoms with Gasteiger partial charge in [0.25, 0.3) is 0 Å². The molecule has 7 heteroatoms. The van der Waals surface area contributed by atoms with E-state index in [-0.39, 0.29) is 42.0 Å². The minimum atomic E-state index is -0.688. The van der Waals surface area contributed by atoms with E-state index in [0.717, 1.165) is 0 Å². The van der Waals surface area contributed by atoms with Crippen molar-refractivity contribution < 1.29 is 36.7 Å². The van der Waals surface area contributed by atoms with Gasteiger partial charge in [0.1, 0.15) is 6.04 Å². The van der Waals surface area contributed by atoms with E-state index in [1.165, 1.54) is 19.3 Å². The van der Waals surface area contributed by atoms with Crippen LogP contribution in [0, 0.1) is 0 Å². The Hall–Kier alpha value is -0.320. The van der Waals surface area contributed by atoms with Crippen molar-refractivity contribution >= 4 is 37.7 Å². The maximum atomic E-state index is 10.8. The van der Waals surface area contributed by atoms with Gasteiger partial charge in [-0.25, -0.2) is 4.79 Å². The van der Waals surface area contributed by atoms with Gasteiger partial charge in [0.2, 0.25) is 5.91 Å². The van der Waals surface area contributed by atoms with E-state index < -0.39 is 12.0 Å². The number of nitrogens with one attached hydrogen (secondary N) is 1. The molecular formula is C14H21AuNO3PS. The van der Waals surface area contributed by atoms with Crippen LogP contribution in [0.4, 0.5) is 0 Å². The van der Waals surface area contributed by atoms with Gasteiger partial charge in [-0.2, -0.15) is 0 Å². The molecule has 1 amide bonds. The Balaban J connectivity index is 0. The van der Waals surface area contributed by atoms with Gasteiger partial charge in [-0.15, -0.1) is 5.75 Å². The Bertz CT molecular complexity index is 418. The zero-order valence-electron chi connectivity index (χ0n) is 12.6. The molecular weight excluding hydrogens is 490 g/mol. The summed E-state index contributed by atoms with van der Waals surface area (Å²) in [7, 11) is 1.36. The Morgan fingerprint density at radius 1 is 1.29 bits per heavy atom.